The minimum Gasteiger partial charge on any atom is -0.480 e. The number of carbonyl (C=O) groups is 2. The molecule has 0 saturated carbocycles. The minimum absolute atomic E-state index is 0.00241. The Kier molecular flexibility index (Phi) is 4.07. The average molecular weight is 290 g/mol. The lowest BCUT2D eigenvalue weighted by molar-refractivity contribution is -0.137. The fourth-order valence-corrected chi connectivity index (χ4v) is 1.77. The molecule has 0 bridgehead atoms. The lowest BCUT2D eigenvalue weighted by Gasteiger charge is -2.04. The number of anilines is 3. The van der Waals surface area contributed by atoms with Crippen LogP contribution >= 0.6 is 0 Å². The first-order valence-corrected chi connectivity index (χ1v) is 6.01. The third-order valence-corrected chi connectivity index (χ3v) is 2.70. The fourth-order valence-electron chi connectivity index (χ4n) is 1.77. The lowest BCUT2D eigenvalue weighted by Crippen LogP contribution is -2.13. The zero-order valence-corrected chi connectivity index (χ0v) is 11.2. The van der Waals surface area contributed by atoms with Gasteiger partial charge in [0.1, 0.15) is 17.9 Å². The Bertz CT molecular complexity index is 666. The number of rotatable bonds is 5. The van der Waals surface area contributed by atoms with Gasteiger partial charge in [0, 0.05) is 5.69 Å². The molecule has 1 aromatic heterocycles. The van der Waals surface area contributed by atoms with Crippen LogP contribution in [0.3, 0.4) is 0 Å². The molecule has 0 amide bonds. The first kappa shape index (κ1) is 14.4. The molecule has 21 heavy (non-hydrogen) atoms. The molecule has 110 valence electrons. The molecule has 0 aliphatic rings. The second-order valence-corrected chi connectivity index (χ2v) is 4.14. The van der Waals surface area contributed by atoms with Crippen LogP contribution in [0.2, 0.25) is 0 Å². The average Bonchev–Trinajstić information content (AvgIpc) is 2.75. The number of aromatic nitrogens is 2. The van der Waals surface area contributed by atoms with Gasteiger partial charge in [0.15, 0.2) is 5.82 Å². The number of methoxy groups -OCH3 is 1. The molecule has 0 fully saturated rings. The van der Waals surface area contributed by atoms with Crippen molar-refractivity contribution in [1.82, 2.24) is 9.78 Å². The van der Waals surface area contributed by atoms with E-state index in [4.69, 9.17) is 10.8 Å². The molecule has 8 heteroatoms. The molecule has 8 nitrogen and oxygen atoms in total. The number of ether oxygens (including phenoxy) is 1. The SMILES string of the molecule is COC(=O)c1c(Nc2ccccc2)nn(CC(=O)O)c1N. The van der Waals surface area contributed by atoms with Gasteiger partial charge in [-0.25, -0.2) is 9.48 Å². The van der Waals surface area contributed by atoms with Crippen LogP contribution in [0.1, 0.15) is 10.4 Å². The van der Waals surface area contributed by atoms with E-state index >= 15 is 0 Å². The Morgan fingerprint density at radius 1 is 1.38 bits per heavy atom. The van der Waals surface area contributed by atoms with Crippen LogP contribution in [0.15, 0.2) is 30.3 Å². The molecule has 1 heterocycles. The summed E-state index contributed by atoms with van der Waals surface area (Å²) in [6, 6.07) is 8.99. The van der Waals surface area contributed by atoms with Crippen LogP contribution in [0.25, 0.3) is 0 Å². The van der Waals surface area contributed by atoms with Gasteiger partial charge in [-0.05, 0) is 12.1 Å². The first-order valence-electron chi connectivity index (χ1n) is 6.01. The highest BCUT2D eigenvalue weighted by Gasteiger charge is 2.24. The standard InChI is InChI=1S/C13H14N4O4/c1-21-13(20)10-11(14)17(7-9(18)19)16-12(10)15-8-5-3-2-4-6-8/h2-6H,7,14H2,1H3,(H,15,16)(H,18,19). The van der Waals surface area contributed by atoms with E-state index in [2.05, 4.69) is 15.2 Å². The summed E-state index contributed by atoms with van der Waals surface area (Å²) < 4.78 is 5.68. The summed E-state index contributed by atoms with van der Waals surface area (Å²) in [5.41, 5.74) is 6.46. The first-order chi connectivity index (χ1) is 10.0. The Morgan fingerprint density at radius 2 is 2.05 bits per heavy atom. The van der Waals surface area contributed by atoms with Crippen molar-refractivity contribution in [2.75, 3.05) is 18.2 Å². The van der Waals surface area contributed by atoms with Crippen LogP contribution in [0.5, 0.6) is 0 Å². The summed E-state index contributed by atoms with van der Waals surface area (Å²) in [6.45, 7) is -0.452. The van der Waals surface area contributed by atoms with E-state index in [1.807, 2.05) is 6.07 Å². The van der Waals surface area contributed by atoms with E-state index in [0.29, 0.717) is 5.69 Å². The molecule has 0 saturated heterocycles. The summed E-state index contributed by atoms with van der Waals surface area (Å²) in [6.07, 6.45) is 0. The van der Waals surface area contributed by atoms with Crippen LogP contribution < -0.4 is 11.1 Å². The monoisotopic (exact) mass is 290 g/mol. The molecule has 4 N–H and O–H groups in total. The van der Waals surface area contributed by atoms with Crippen LogP contribution in [0, 0.1) is 0 Å². The predicted molar refractivity (Wildman–Crippen MR) is 75.3 cm³/mol. The van der Waals surface area contributed by atoms with Gasteiger partial charge in [-0.15, -0.1) is 0 Å². The third-order valence-electron chi connectivity index (χ3n) is 2.70. The lowest BCUT2D eigenvalue weighted by atomic mass is 10.2. The number of nitrogens with two attached hydrogens (primary N) is 1. The van der Waals surface area contributed by atoms with Crippen molar-refractivity contribution in [3.8, 4) is 0 Å². The summed E-state index contributed by atoms with van der Waals surface area (Å²) in [7, 11) is 1.21. The molecule has 2 rings (SSSR count). The van der Waals surface area contributed by atoms with Crippen molar-refractivity contribution >= 4 is 29.3 Å². The molecule has 2 aromatic rings. The molecule has 0 aliphatic carbocycles. The molecule has 1 aromatic carbocycles. The van der Waals surface area contributed by atoms with Crippen molar-refractivity contribution < 1.29 is 19.4 Å². The smallest absolute Gasteiger partial charge is 0.345 e. The maximum Gasteiger partial charge on any atom is 0.345 e. The number of esters is 1. The number of carboxylic acids is 1. The number of para-hydroxylation sites is 1. The molecular formula is C13H14N4O4. The molecule has 0 unspecified atom stereocenters. The number of nitrogens with zero attached hydrogens (tertiary/aromatic N) is 2. The summed E-state index contributed by atoms with van der Waals surface area (Å²) in [4.78, 5) is 22.6. The molecule has 0 atom stereocenters. The number of carboxylic acid groups (broad SMARTS) is 1. The van der Waals surface area contributed by atoms with E-state index < -0.39 is 18.5 Å². The third kappa shape index (κ3) is 3.11. The number of carbonyl (C=O) groups excluding carboxylic acids is 1. The van der Waals surface area contributed by atoms with Crippen molar-refractivity contribution in [2.24, 2.45) is 0 Å². The number of nitrogen functional groups attached to an aromatic ring is 1. The number of nitrogens with one attached hydrogen (secondary N) is 1. The fraction of sp³-hybridized carbons (Fsp3) is 0.154. The highest BCUT2D eigenvalue weighted by Crippen LogP contribution is 2.25. The molecular weight excluding hydrogens is 276 g/mol. The van der Waals surface area contributed by atoms with E-state index in [9.17, 15) is 9.59 Å². The number of hydrogen-bond donors (Lipinski definition) is 3. The molecule has 0 radical (unpaired) electrons. The van der Waals surface area contributed by atoms with Gasteiger partial charge in [0.2, 0.25) is 0 Å². The second-order valence-electron chi connectivity index (χ2n) is 4.14. The van der Waals surface area contributed by atoms with Gasteiger partial charge in [0.05, 0.1) is 7.11 Å². The van der Waals surface area contributed by atoms with E-state index in [-0.39, 0.29) is 17.2 Å². The van der Waals surface area contributed by atoms with Crippen LogP contribution in [-0.4, -0.2) is 33.9 Å². The highest BCUT2D eigenvalue weighted by molar-refractivity contribution is 6.00. The topological polar surface area (TPSA) is 119 Å². The largest absolute Gasteiger partial charge is 0.480 e. The highest BCUT2D eigenvalue weighted by atomic mass is 16.5. The van der Waals surface area contributed by atoms with Crippen LogP contribution in [-0.2, 0) is 16.1 Å². The Morgan fingerprint density at radius 3 is 2.62 bits per heavy atom. The normalized spacial score (nSPS) is 10.1. The van der Waals surface area contributed by atoms with Gasteiger partial charge in [0.25, 0.3) is 0 Å². The molecule has 0 spiro atoms. The van der Waals surface area contributed by atoms with E-state index in [1.54, 1.807) is 24.3 Å². The Labute approximate surface area is 120 Å². The summed E-state index contributed by atoms with van der Waals surface area (Å²) in [5, 5.41) is 15.8. The maximum atomic E-state index is 11.8. The Balaban J connectivity index is 2.43. The maximum absolute atomic E-state index is 11.8. The quantitative estimate of drug-likeness (QED) is 0.705. The van der Waals surface area contributed by atoms with Crippen LogP contribution in [0.4, 0.5) is 17.3 Å². The minimum atomic E-state index is -1.12. The van der Waals surface area contributed by atoms with E-state index in [0.717, 1.165) is 4.68 Å². The predicted octanol–water partition coefficient (Wildman–Crippen LogP) is 1.08. The summed E-state index contributed by atoms with van der Waals surface area (Å²) in [5.74, 6) is -1.73. The van der Waals surface area contributed by atoms with Crippen molar-refractivity contribution in [2.45, 2.75) is 6.54 Å². The van der Waals surface area contributed by atoms with Crippen molar-refractivity contribution in [3.63, 3.8) is 0 Å². The van der Waals surface area contributed by atoms with Gasteiger partial charge < -0.3 is 20.9 Å². The van der Waals surface area contributed by atoms with E-state index in [1.165, 1.54) is 7.11 Å². The number of hydrogen-bond acceptors (Lipinski definition) is 6. The zero-order valence-electron chi connectivity index (χ0n) is 11.2. The van der Waals surface area contributed by atoms with Gasteiger partial charge in [-0.2, -0.15) is 5.10 Å². The number of benzene rings is 1. The second kappa shape index (κ2) is 5.95. The zero-order chi connectivity index (χ0) is 15.4. The van der Waals surface area contributed by atoms with Gasteiger partial charge in [-0.3, -0.25) is 4.79 Å². The van der Waals surface area contributed by atoms with Crippen molar-refractivity contribution in [1.29, 1.82) is 0 Å². The Hall–Kier alpha value is -3.03. The van der Waals surface area contributed by atoms with Gasteiger partial charge in [-0.1, -0.05) is 18.2 Å². The summed E-state index contributed by atoms with van der Waals surface area (Å²) >= 11 is 0. The van der Waals surface area contributed by atoms with Gasteiger partial charge >= 0.3 is 11.9 Å². The van der Waals surface area contributed by atoms with Crippen molar-refractivity contribution in [3.05, 3.63) is 35.9 Å². The number of aliphatic carboxylic acids is 1. The molecule has 0 aliphatic heterocycles.